The number of nitrogens with zero attached hydrogens (tertiary/aromatic N) is 1. The monoisotopic (exact) mass is 352 g/mol. The van der Waals surface area contributed by atoms with Gasteiger partial charge in [-0.25, -0.2) is 0 Å². The average molecular weight is 352 g/mol. The van der Waals surface area contributed by atoms with Gasteiger partial charge in [0.15, 0.2) is 0 Å². The van der Waals surface area contributed by atoms with E-state index in [0.29, 0.717) is 30.8 Å². The fourth-order valence-electron chi connectivity index (χ4n) is 2.49. The van der Waals surface area contributed by atoms with Crippen molar-refractivity contribution in [3.05, 3.63) is 72.3 Å². The Bertz CT molecular complexity index is 769. The van der Waals surface area contributed by atoms with Crippen molar-refractivity contribution in [2.24, 2.45) is 0 Å². The second kappa shape index (κ2) is 9.42. The van der Waals surface area contributed by atoms with Gasteiger partial charge in [-0.3, -0.25) is 9.59 Å². The number of ether oxygens (including phenoxy) is 1. The molecule has 5 heteroatoms. The molecule has 0 saturated carbocycles. The maximum Gasteiger partial charge on any atom is 0.254 e. The van der Waals surface area contributed by atoms with E-state index in [2.05, 4.69) is 11.9 Å². The van der Waals surface area contributed by atoms with Gasteiger partial charge in [0.05, 0.1) is 7.11 Å². The van der Waals surface area contributed by atoms with Gasteiger partial charge in [0, 0.05) is 30.8 Å². The standard InChI is InChI=1S/C21H24N2O3/c1-4-13-23(15-16-9-11-19(26-3)12-10-16)21(25)17-7-6-8-18(14-17)22-20(24)5-2/h4,6-12,14H,1,5,13,15H2,2-3H3,(H,22,24). The molecule has 1 N–H and O–H groups in total. The number of benzene rings is 2. The maximum absolute atomic E-state index is 12.9. The molecule has 0 radical (unpaired) electrons. The van der Waals surface area contributed by atoms with Crippen LogP contribution >= 0.6 is 0 Å². The number of methoxy groups -OCH3 is 1. The molecule has 0 aliphatic carbocycles. The predicted octanol–water partition coefficient (Wildman–Crippen LogP) is 3.87. The molecule has 0 bridgehead atoms. The molecule has 136 valence electrons. The second-order valence-corrected chi connectivity index (χ2v) is 5.80. The summed E-state index contributed by atoms with van der Waals surface area (Å²) in [4.78, 5) is 26.2. The maximum atomic E-state index is 12.9. The minimum atomic E-state index is -0.117. The van der Waals surface area contributed by atoms with E-state index in [0.717, 1.165) is 11.3 Å². The lowest BCUT2D eigenvalue weighted by Gasteiger charge is -2.22. The molecule has 0 unspecified atom stereocenters. The number of amides is 2. The minimum Gasteiger partial charge on any atom is -0.497 e. The van der Waals surface area contributed by atoms with Gasteiger partial charge >= 0.3 is 0 Å². The number of hydrogen-bond acceptors (Lipinski definition) is 3. The second-order valence-electron chi connectivity index (χ2n) is 5.80. The quantitative estimate of drug-likeness (QED) is 0.734. The highest BCUT2D eigenvalue weighted by molar-refractivity contribution is 5.97. The van der Waals surface area contributed by atoms with Gasteiger partial charge < -0.3 is 15.0 Å². The number of carbonyl (C=O) groups is 2. The first-order valence-corrected chi connectivity index (χ1v) is 8.50. The molecule has 0 aromatic heterocycles. The van der Waals surface area contributed by atoms with E-state index in [1.807, 2.05) is 24.3 Å². The zero-order chi connectivity index (χ0) is 18.9. The first-order chi connectivity index (χ1) is 12.6. The summed E-state index contributed by atoms with van der Waals surface area (Å²) in [6.45, 7) is 6.41. The average Bonchev–Trinajstić information content (AvgIpc) is 2.67. The normalized spacial score (nSPS) is 10.1. The van der Waals surface area contributed by atoms with Crippen LogP contribution in [-0.4, -0.2) is 30.4 Å². The van der Waals surface area contributed by atoms with Gasteiger partial charge in [-0.1, -0.05) is 31.2 Å². The van der Waals surface area contributed by atoms with E-state index in [4.69, 9.17) is 4.74 Å². The Kier molecular flexibility index (Phi) is 6.97. The summed E-state index contributed by atoms with van der Waals surface area (Å²) < 4.78 is 5.16. The lowest BCUT2D eigenvalue weighted by atomic mass is 10.1. The highest BCUT2D eigenvalue weighted by atomic mass is 16.5. The Hall–Kier alpha value is -3.08. The molecule has 5 nitrogen and oxygen atoms in total. The van der Waals surface area contributed by atoms with Gasteiger partial charge in [-0.15, -0.1) is 6.58 Å². The zero-order valence-electron chi connectivity index (χ0n) is 15.2. The molecule has 0 fully saturated rings. The number of rotatable bonds is 8. The van der Waals surface area contributed by atoms with Crippen LogP contribution in [0.5, 0.6) is 5.75 Å². The fourth-order valence-corrected chi connectivity index (χ4v) is 2.49. The Morgan fingerprint density at radius 1 is 1.19 bits per heavy atom. The number of hydrogen-bond donors (Lipinski definition) is 1. The van der Waals surface area contributed by atoms with Crippen molar-refractivity contribution in [3.8, 4) is 5.75 Å². The van der Waals surface area contributed by atoms with Crippen LogP contribution in [0.15, 0.2) is 61.2 Å². The molecule has 2 aromatic rings. The van der Waals surface area contributed by atoms with Crippen molar-refractivity contribution in [2.75, 3.05) is 19.0 Å². The lowest BCUT2D eigenvalue weighted by Crippen LogP contribution is -2.30. The summed E-state index contributed by atoms with van der Waals surface area (Å²) in [5.74, 6) is 0.568. The summed E-state index contributed by atoms with van der Waals surface area (Å²) in [5, 5.41) is 2.78. The zero-order valence-corrected chi connectivity index (χ0v) is 15.2. The van der Waals surface area contributed by atoms with Gasteiger partial charge in [0.25, 0.3) is 5.91 Å². The van der Waals surface area contributed by atoms with E-state index in [-0.39, 0.29) is 11.8 Å². The largest absolute Gasteiger partial charge is 0.497 e. The summed E-state index contributed by atoms with van der Waals surface area (Å²) in [6.07, 6.45) is 2.09. The molecular weight excluding hydrogens is 328 g/mol. The van der Waals surface area contributed by atoms with Crippen molar-refractivity contribution < 1.29 is 14.3 Å². The summed E-state index contributed by atoms with van der Waals surface area (Å²) in [7, 11) is 1.62. The van der Waals surface area contributed by atoms with E-state index < -0.39 is 0 Å². The van der Waals surface area contributed by atoms with Crippen LogP contribution in [-0.2, 0) is 11.3 Å². The topological polar surface area (TPSA) is 58.6 Å². The van der Waals surface area contributed by atoms with Gasteiger partial charge in [0.1, 0.15) is 5.75 Å². The summed E-state index contributed by atoms with van der Waals surface area (Å²) in [5.41, 5.74) is 2.14. The highest BCUT2D eigenvalue weighted by Crippen LogP contribution is 2.17. The molecule has 0 spiro atoms. The number of anilines is 1. The van der Waals surface area contributed by atoms with Crippen LogP contribution in [0, 0.1) is 0 Å². The van der Waals surface area contributed by atoms with Crippen molar-refractivity contribution in [1.82, 2.24) is 4.90 Å². The van der Waals surface area contributed by atoms with Crippen LogP contribution < -0.4 is 10.1 Å². The van der Waals surface area contributed by atoms with Crippen molar-refractivity contribution in [2.45, 2.75) is 19.9 Å². The van der Waals surface area contributed by atoms with Gasteiger partial charge in [-0.05, 0) is 35.9 Å². The summed E-state index contributed by atoms with van der Waals surface area (Å²) in [6, 6.07) is 14.6. The minimum absolute atomic E-state index is 0.0872. The molecule has 0 atom stereocenters. The first kappa shape index (κ1) is 19.2. The van der Waals surface area contributed by atoms with Crippen LogP contribution in [0.3, 0.4) is 0 Å². The van der Waals surface area contributed by atoms with Crippen LogP contribution in [0.2, 0.25) is 0 Å². The lowest BCUT2D eigenvalue weighted by molar-refractivity contribution is -0.115. The third-order valence-electron chi connectivity index (χ3n) is 3.88. The Morgan fingerprint density at radius 2 is 1.92 bits per heavy atom. The molecule has 0 saturated heterocycles. The Labute approximate surface area is 154 Å². The van der Waals surface area contributed by atoms with Gasteiger partial charge in [0.2, 0.25) is 5.91 Å². The van der Waals surface area contributed by atoms with Crippen molar-refractivity contribution in [3.63, 3.8) is 0 Å². The van der Waals surface area contributed by atoms with Crippen LogP contribution in [0.1, 0.15) is 29.3 Å². The fraction of sp³-hybridized carbons (Fsp3) is 0.238. The molecule has 2 aromatic carbocycles. The van der Waals surface area contributed by atoms with E-state index in [9.17, 15) is 9.59 Å². The number of carbonyl (C=O) groups excluding carboxylic acids is 2. The van der Waals surface area contributed by atoms with E-state index in [1.54, 1.807) is 49.3 Å². The van der Waals surface area contributed by atoms with Crippen LogP contribution in [0.4, 0.5) is 5.69 Å². The van der Waals surface area contributed by atoms with E-state index >= 15 is 0 Å². The third kappa shape index (κ3) is 5.21. The molecule has 26 heavy (non-hydrogen) atoms. The SMILES string of the molecule is C=CCN(Cc1ccc(OC)cc1)C(=O)c1cccc(NC(=O)CC)c1. The highest BCUT2D eigenvalue weighted by Gasteiger charge is 2.16. The van der Waals surface area contributed by atoms with Gasteiger partial charge in [-0.2, -0.15) is 0 Å². The third-order valence-corrected chi connectivity index (χ3v) is 3.88. The van der Waals surface area contributed by atoms with E-state index in [1.165, 1.54) is 0 Å². The van der Waals surface area contributed by atoms with Crippen molar-refractivity contribution in [1.29, 1.82) is 0 Å². The predicted molar refractivity (Wildman–Crippen MR) is 103 cm³/mol. The molecular formula is C21H24N2O3. The first-order valence-electron chi connectivity index (χ1n) is 8.50. The molecule has 0 heterocycles. The molecule has 0 aliphatic rings. The molecule has 2 amide bonds. The van der Waals surface area contributed by atoms with Crippen molar-refractivity contribution >= 4 is 17.5 Å². The number of nitrogens with one attached hydrogen (secondary N) is 1. The summed E-state index contributed by atoms with van der Waals surface area (Å²) >= 11 is 0. The molecule has 2 rings (SSSR count). The smallest absolute Gasteiger partial charge is 0.254 e. The Balaban J connectivity index is 2.17. The van der Waals surface area contributed by atoms with Crippen LogP contribution in [0.25, 0.3) is 0 Å². The Morgan fingerprint density at radius 3 is 2.54 bits per heavy atom. The molecule has 0 aliphatic heterocycles.